The first-order chi connectivity index (χ1) is 13.8. The molecule has 0 atom stereocenters. The summed E-state index contributed by atoms with van der Waals surface area (Å²) in [6, 6.07) is 10.1. The van der Waals surface area contributed by atoms with Gasteiger partial charge < -0.3 is 5.11 Å². The van der Waals surface area contributed by atoms with Crippen LogP contribution >= 0.6 is 23.4 Å². The second-order valence-electron chi connectivity index (χ2n) is 6.19. The van der Waals surface area contributed by atoms with E-state index in [2.05, 4.69) is 9.98 Å². The van der Waals surface area contributed by atoms with Crippen LogP contribution in [0.15, 0.2) is 55.9 Å². The van der Waals surface area contributed by atoms with Gasteiger partial charge in [0.2, 0.25) is 5.88 Å². The molecule has 0 saturated carbocycles. The molecule has 0 aliphatic carbocycles. The molecule has 2 aromatic carbocycles. The highest BCUT2D eigenvalue weighted by atomic mass is 35.5. The summed E-state index contributed by atoms with van der Waals surface area (Å²) < 4.78 is 1.02. The van der Waals surface area contributed by atoms with Gasteiger partial charge in [-0.2, -0.15) is 5.26 Å². The quantitative estimate of drug-likeness (QED) is 0.374. The molecule has 146 valence electrons. The van der Waals surface area contributed by atoms with E-state index in [0.717, 1.165) is 33.7 Å². The number of aliphatic imine (C=N–C) groups is 1. The number of halogens is 1. The van der Waals surface area contributed by atoms with Crippen LogP contribution in [-0.2, 0) is 0 Å². The molecular weight excluding hydrogens is 412 g/mol. The average molecular weight is 427 g/mol. The van der Waals surface area contributed by atoms with Gasteiger partial charge in [0.1, 0.15) is 11.0 Å². The number of thiocyanates is 1. The molecule has 29 heavy (non-hydrogen) atoms. The van der Waals surface area contributed by atoms with E-state index in [1.807, 2.05) is 18.4 Å². The smallest absolute Gasteiger partial charge is 0.335 e. The van der Waals surface area contributed by atoms with E-state index in [0.29, 0.717) is 21.3 Å². The van der Waals surface area contributed by atoms with Crippen LogP contribution in [0, 0.1) is 24.5 Å². The first-order valence-electron chi connectivity index (χ1n) is 8.37. The van der Waals surface area contributed by atoms with Gasteiger partial charge in [0.05, 0.1) is 16.4 Å². The van der Waals surface area contributed by atoms with E-state index in [9.17, 15) is 14.7 Å². The van der Waals surface area contributed by atoms with Crippen LogP contribution in [-0.4, -0.2) is 20.9 Å². The Bertz CT molecular complexity index is 1290. The number of aromatic hydroxyl groups is 1. The Balaban J connectivity index is 2.08. The fraction of sp³-hybridized carbons (Fsp3) is 0.100. The first kappa shape index (κ1) is 20.5. The van der Waals surface area contributed by atoms with Crippen molar-refractivity contribution in [1.82, 2.24) is 9.55 Å². The van der Waals surface area contributed by atoms with Crippen molar-refractivity contribution in [2.24, 2.45) is 4.99 Å². The Kier molecular flexibility index (Phi) is 5.92. The van der Waals surface area contributed by atoms with E-state index in [1.54, 1.807) is 31.2 Å². The van der Waals surface area contributed by atoms with Gasteiger partial charge in [0, 0.05) is 11.1 Å². The van der Waals surface area contributed by atoms with Crippen molar-refractivity contribution in [1.29, 1.82) is 5.26 Å². The molecule has 9 heteroatoms. The van der Waals surface area contributed by atoms with Crippen LogP contribution in [0.1, 0.15) is 16.7 Å². The molecule has 0 radical (unpaired) electrons. The second-order valence-corrected chi connectivity index (χ2v) is 7.42. The van der Waals surface area contributed by atoms with Gasteiger partial charge in [0.25, 0.3) is 5.56 Å². The first-order valence-corrected chi connectivity index (χ1v) is 9.56. The third-order valence-electron chi connectivity index (χ3n) is 4.13. The largest absolute Gasteiger partial charge is 0.493 e. The fourth-order valence-electron chi connectivity index (χ4n) is 2.78. The maximum atomic E-state index is 12.3. The molecule has 1 aromatic heterocycles. The lowest BCUT2D eigenvalue weighted by molar-refractivity contribution is 0.430. The SMILES string of the molecule is Cc1ccc(-n2c(O)c(C=Nc3ccc(SC#N)c(Cl)c3)c(=O)[nH]c2=O)c(C)c1. The molecule has 0 spiro atoms. The number of nitrogens with one attached hydrogen (secondary N) is 1. The number of aromatic nitrogens is 2. The minimum absolute atomic E-state index is 0.170. The lowest BCUT2D eigenvalue weighted by Crippen LogP contribution is -2.31. The predicted molar refractivity (Wildman–Crippen MR) is 114 cm³/mol. The van der Waals surface area contributed by atoms with E-state index in [-0.39, 0.29) is 5.56 Å². The highest BCUT2D eigenvalue weighted by molar-refractivity contribution is 8.03. The zero-order valence-corrected chi connectivity index (χ0v) is 17.0. The number of H-pyrrole nitrogens is 1. The Morgan fingerprint density at radius 1 is 1.24 bits per heavy atom. The zero-order chi connectivity index (χ0) is 21.1. The van der Waals surface area contributed by atoms with Crippen molar-refractivity contribution in [3.8, 4) is 17.0 Å². The van der Waals surface area contributed by atoms with E-state index in [4.69, 9.17) is 16.9 Å². The molecule has 0 aliphatic rings. The number of thioether (sulfide) groups is 1. The van der Waals surface area contributed by atoms with Crippen LogP contribution in [0.5, 0.6) is 5.88 Å². The topological polar surface area (TPSA) is 111 Å². The highest BCUT2D eigenvalue weighted by Gasteiger charge is 2.15. The van der Waals surface area contributed by atoms with Gasteiger partial charge in [-0.3, -0.25) is 14.8 Å². The number of benzene rings is 2. The number of aryl methyl sites for hydroxylation is 2. The van der Waals surface area contributed by atoms with Crippen molar-refractivity contribution in [2.45, 2.75) is 18.7 Å². The Hall–Kier alpha value is -3.28. The number of nitrogens with zero attached hydrogens (tertiary/aromatic N) is 3. The third kappa shape index (κ3) is 4.26. The monoisotopic (exact) mass is 426 g/mol. The summed E-state index contributed by atoms with van der Waals surface area (Å²) in [7, 11) is 0. The van der Waals surface area contributed by atoms with Crippen LogP contribution < -0.4 is 11.2 Å². The number of hydrogen-bond acceptors (Lipinski definition) is 6. The van der Waals surface area contributed by atoms with Crippen molar-refractivity contribution >= 4 is 35.3 Å². The number of aromatic amines is 1. The standard InChI is InChI=1S/C20H15ClN4O3S/c1-11-3-5-16(12(2)7-11)25-19(27)14(18(26)24-20(25)28)9-23-13-4-6-17(29-10-22)15(21)8-13/h3-9,27H,1-2H3,(H,24,26,28). The molecule has 0 fully saturated rings. The lowest BCUT2D eigenvalue weighted by Gasteiger charge is -2.12. The van der Waals surface area contributed by atoms with Gasteiger partial charge in [-0.1, -0.05) is 29.3 Å². The Morgan fingerprint density at radius 3 is 2.66 bits per heavy atom. The molecule has 0 aliphatic heterocycles. The summed E-state index contributed by atoms with van der Waals surface area (Å²) in [5.74, 6) is -0.516. The Morgan fingerprint density at radius 2 is 2.00 bits per heavy atom. The second kappa shape index (κ2) is 8.39. The molecule has 3 rings (SSSR count). The molecule has 3 aromatic rings. The van der Waals surface area contributed by atoms with E-state index >= 15 is 0 Å². The summed E-state index contributed by atoms with van der Waals surface area (Å²) in [6.45, 7) is 3.71. The summed E-state index contributed by atoms with van der Waals surface area (Å²) in [5, 5.41) is 21.6. The summed E-state index contributed by atoms with van der Waals surface area (Å²) in [6.07, 6.45) is 1.16. The molecule has 0 unspecified atom stereocenters. The van der Waals surface area contributed by atoms with Gasteiger partial charge in [-0.15, -0.1) is 0 Å². The van der Waals surface area contributed by atoms with E-state index in [1.165, 1.54) is 6.07 Å². The van der Waals surface area contributed by atoms with Crippen molar-refractivity contribution in [3.63, 3.8) is 0 Å². The van der Waals surface area contributed by atoms with Crippen molar-refractivity contribution < 1.29 is 5.11 Å². The molecule has 1 heterocycles. The number of nitriles is 1. The molecule has 0 saturated heterocycles. The fourth-order valence-corrected chi connectivity index (χ4v) is 3.46. The summed E-state index contributed by atoms with van der Waals surface area (Å²) in [5.41, 5.74) is 0.939. The van der Waals surface area contributed by atoms with Crippen LogP contribution in [0.4, 0.5) is 5.69 Å². The van der Waals surface area contributed by atoms with Crippen LogP contribution in [0.2, 0.25) is 5.02 Å². The number of rotatable bonds is 4. The van der Waals surface area contributed by atoms with Gasteiger partial charge >= 0.3 is 5.69 Å². The Labute approximate surface area is 174 Å². The highest BCUT2D eigenvalue weighted by Crippen LogP contribution is 2.30. The zero-order valence-electron chi connectivity index (χ0n) is 15.4. The third-order valence-corrected chi connectivity index (χ3v) is 5.22. The lowest BCUT2D eigenvalue weighted by atomic mass is 10.1. The van der Waals surface area contributed by atoms with Gasteiger partial charge in [0.15, 0.2) is 0 Å². The maximum absolute atomic E-state index is 12.3. The minimum Gasteiger partial charge on any atom is -0.493 e. The molecular formula is C20H15ClN4O3S. The minimum atomic E-state index is -0.764. The molecule has 0 bridgehead atoms. The maximum Gasteiger partial charge on any atom is 0.335 e. The van der Waals surface area contributed by atoms with Crippen molar-refractivity contribution in [2.75, 3.05) is 0 Å². The molecule has 7 nitrogen and oxygen atoms in total. The van der Waals surface area contributed by atoms with Crippen molar-refractivity contribution in [3.05, 3.63) is 78.9 Å². The van der Waals surface area contributed by atoms with Gasteiger partial charge in [-0.25, -0.2) is 9.36 Å². The van der Waals surface area contributed by atoms with Gasteiger partial charge in [-0.05, 0) is 55.4 Å². The molecule has 0 amide bonds. The summed E-state index contributed by atoms with van der Waals surface area (Å²) >= 11 is 7.02. The van der Waals surface area contributed by atoms with E-state index < -0.39 is 17.1 Å². The predicted octanol–water partition coefficient (Wildman–Crippen LogP) is 3.83. The summed E-state index contributed by atoms with van der Waals surface area (Å²) in [4.78, 5) is 31.5. The van der Waals surface area contributed by atoms with Crippen LogP contribution in [0.25, 0.3) is 5.69 Å². The molecule has 2 N–H and O–H groups in total. The van der Waals surface area contributed by atoms with Crippen LogP contribution in [0.3, 0.4) is 0 Å². The average Bonchev–Trinajstić information content (AvgIpc) is 2.65. The normalized spacial score (nSPS) is 11.0. The number of hydrogen-bond donors (Lipinski definition) is 2.